The summed E-state index contributed by atoms with van der Waals surface area (Å²) in [5, 5.41) is 6.51. The second-order valence-corrected chi connectivity index (χ2v) is 3.34. The molecule has 0 aromatic carbocycles. The number of aromatic nitrogens is 3. The Balaban J connectivity index is 2.53. The quantitative estimate of drug-likeness (QED) is 0.817. The summed E-state index contributed by atoms with van der Waals surface area (Å²) in [6.07, 6.45) is 2.06. The number of rotatable bonds is 4. The molecule has 2 aromatic rings. The largest absolute Gasteiger partial charge is 0.378 e. The smallest absolute Gasteiger partial charge is 0.154 e. The lowest BCUT2D eigenvalue weighted by atomic mass is 10.1. The van der Waals surface area contributed by atoms with Gasteiger partial charge in [0, 0.05) is 13.3 Å². The van der Waals surface area contributed by atoms with Gasteiger partial charge in [-0.3, -0.25) is 14.9 Å². The predicted molar refractivity (Wildman–Crippen MR) is 57.9 cm³/mol. The minimum absolute atomic E-state index is 0.0736. The summed E-state index contributed by atoms with van der Waals surface area (Å²) in [7, 11) is 1.49. The van der Waals surface area contributed by atoms with Crippen molar-refractivity contribution in [2.45, 2.75) is 6.61 Å². The number of hydrogen-bond acceptors (Lipinski definition) is 4. The number of carbonyl (C=O) groups excluding carboxylic acids is 1. The molecule has 2 rings (SSSR count). The van der Waals surface area contributed by atoms with Gasteiger partial charge in [-0.2, -0.15) is 5.10 Å². The minimum Gasteiger partial charge on any atom is -0.378 e. The van der Waals surface area contributed by atoms with Crippen molar-refractivity contribution in [1.82, 2.24) is 15.2 Å². The van der Waals surface area contributed by atoms with E-state index < -0.39 is 5.82 Å². The molecule has 2 aromatic heterocycles. The lowest BCUT2D eigenvalue weighted by Gasteiger charge is -2.00. The first-order valence-corrected chi connectivity index (χ1v) is 4.90. The Morgan fingerprint density at radius 1 is 1.59 bits per heavy atom. The van der Waals surface area contributed by atoms with Crippen LogP contribution in [0, 0.1) is 5.82 Å². The number of methoxy groups -OCH3 is 1. The third-order valence-electron chi connectivity index (χ3n) is 2.28. The number of H-pyrrole nitrogens is 1. The van der Waals surface area contributed by atoms with Crippen LogP contribution >= 0.6 is 0 Å². The molecule has 5 nitrogen and oxygen atoms in total. The topological polar surface area (TPSA) is 67.9 Å². The molecule has 88 valence electrons. The third-order valence-corrected chi connectivity index (χ3v) is 2.28. The second kappa shape index (κ2) is 4.84. The molecule has 0 saturated heterocycles. The summed E-state index contributed by atoms with van der Waals surface area (Å²) in [5.41, 5.74) is 1.04. The number of aromatic amines is 1. The number of nitrogens with one attached hydrogen (secondary N) is 1. The average molecular weight is 235 g/mol. The Morgan fingerprint density at radius 3 is 3.06 bits per heavy atom. The average Bonchev–Trinajstić information content (AvgIpc) is 2.73. The van der Waals surface area contributed by atoms with Gasteiger partial charge in [0.1, 0.15) is 5.69 Å². The number of aldehydes is 1. The summed E-state index contributed by atoms with van der Waals surface area (Å²) in [4.78, 5) is 14.9. The van der Waals surface area contributed by atoms with Gasteiger partial charge < -0.3 is 4.74 Å². The van der Waals surface area contributed by atoms with Crippen LogP contribution in [-0.2, 0) is 11.3 Å². The van der Waals surface area contributed by atoms with Gasteiger partial charge in [-0.05, 0) is 12.1 Å². The zero-order valence-electron chi connectivity index (χ0n) is 9.11. The van der Waals surface area contributed by atoms with Crippen molar-refractivity contribution in [3.05, 3.63) is 35.4 Å². The second-order valence-electron chi connectivity index (χ2n) is 3.34. The van der Waals surface area contributed by atoms with E-state index >= 15 is 0 Å². The molecule has 0 atom stereocenters. The first-order chi connectivity index (χ1) is 8.27. The van der Waals surface area contributed by atoms with Gasteiger partial charge in [0.25, 0.3) is 0 Å². The summed E-state index contributed by atoms with van der Waals surface area (Å²) in [6.45, 7) is 0.180. The zero-order valence-corrected chi connectivity index (χ0v) is 9.11. The lowest BCUT2D eigenvalue weighted by molar-refractivity contribution is 0.111. The highest BCUT2D eigenvalue weighted by Gasteiger charge is 2.17. The molecular weight excluding hydrogens is 225 g/mol. The van der Waals surface area contributed by atoms with Crippen molar-refractivity contribution >= 4 is 6.29 Å². The predicted octanol–water partition coefficient (Wildman–Crippen LogP) is 1.57. The third kappa shape index (κ3) is 2.07. The fourth-order valence-corrected chi connectivity index (χ4v) is 1.51. The highest BCUT2D eigenvalue weighted by molar-refractivity contribution is 5.86. The molecule has 0 fully saturated rings. The van der Waals surface area contributed by atoms with Gasteiger partial charge in [-0.25, -0.2) is 4.39 Å². The summed E-state index contributed by atoms with van der Waals surface area (Å²) < 4.78 is 18.4. The molecule has 0 saturated carbocycles. The summed E-state index contributed by atoms with van der Waals surface area (Å²) in [6, 6.07) is 2.75. The van der Waals surface area contributed by atoms with Crippen molar-refractivity contribution in [2.24, 2.45) is 0 Å². The first kappa shape index (κ1) is 11.4. The highest BCUT2D eigenvalue weighted by atomic mass is 19.1. The molecule has 0 spiro atoms. The maximum atomic E-state index is 13.5. The van der Waals surface area contributed by atoms with Crippen LogP contribution in [0.5, 0.6) is 0 Å². The molecule has 0 bridgehead atoms. The molecule has 1 N–H and O–H groups in total. The molecule has 0 unspecified atom stereocenters. The molecule has 0 aliphatic rings. The molecule has 0 amide bonds. The minimum atomic E-state index is -0.511. The Bertz CT molecular complexity index is 539. The van der Waals surface area contributed by atoms with Crippen molar-refractivity contribution < 1.29 is 13.9 Å². The van der Waals surface area contributed by atoms with Crippen LogP contribution in [0.4, 0.5) is 4.39 Å². The van der Waals surface area contributed by atoms with E-state index in [4.69, 9.17) is 4.74 Å². The van der Waals surface area contributed by atoms with Crippen molar-refractivity contribution in [1.29, 1.82) is 0 Å². The summed E-state index contributed by atoms with van der Waals surface area (Å²) >= 11 is 0. The van der Waals surface area contributed by atoms with Crippen LogP contribution in [0.2, 0.25) is 0 Å². The number of ether oxygens (including phenoxy) is 1. The standard InChI is InChI=1S/C11H10FN3O2/c1-17-6-9-7(5-16)10(15-14-9)11-8(12)3-2-4-13-11/h2-5H,6H2,1H3,(H,14,15). The van der Waals surface area contributed by atoms with Crippen LogP contribution in [0.25, 0.3) is 11.4 Å². The number of carbonyl (C=O) groups is 1. The maximum absolute atomic E-state index is 13.5. The Hall–Kier alpha value is -2.08. The van der Waals surface area contributed by atoms with Gasteiger partial charge in [-0.15, -0.1) is 0 Å². The van der Waals surface area contributed by atoms with E-state index in [1.165, 1.54) is 25.4 Å². The zero-order chi connectivity index (χ0) is 12.3. The molecule has 0 radical (unpaired) electrons. The Labute approximate surface area is 96.6 Å². The molecule has 6 heteroatoms. The molecule has 2 heterocycles. The van der Waals surface area contributed by atoms with Gasteiger partial charge in [0.05, 0.1) is 23.6 Å². The molecular formula is C11H10FN3O2. The number of hydrogen-bond donors (Lipinski definition) is 1. The number of pyridine rings is 1. The fourth-order valence-electron chi connectivity index (χ4n) is 1.51. The van der Waals surface area contributed by atoms with E-state index in [0.29, 0.717) is 12.0 Å². The van der Waals surface area contributed by atoms with Crippen molar-refractivity contribution in [3.63, 3.8) is 0 Å². The number of halogens is 1. The van der Waals surface area contributed by atoms with Gasteiger partial charge in [0.2, 0.25) is 0 Å². The van der Waals surface area contributed by atoms with E-state index in [1.54, 1.807) is 0 Å². The first-order valence-electron chi connectivity index (χ1n) is 4.90. The molecule has 0 aliphatic heterocycles. The van der Waals surface area contributed by atoms with E-state index in [2.05, 4.69) is 15.2 Å². The fraction of sp³-hybridized carbons (Fsp3) is 0.182. The van der Waals surface area contributed by atoms with Crippen LogP contribution in [-0.4, -0.2) is 28.6 Å². The Kier molecular flexibility index (Phi) is 3.24. The number of nitrogens with zero attached hydrogens (tertiary/aromatic N) is 2. The van der Waals surface area contributed by atoms with Crippen LogP contribution in [0.1, 0.15) is 16.1 Å². The van der Waals surface area contributed by atoms with Gasteiger partial charge >= 0.3 is 0 Å². The van der Waals surface area contributed by atoms with Crippen molar-refractivity contribution in [3.8, 4) is 11.4 Å². The van der Waals surface area contributed by atoms with Gasteiger partial charge in [0.15, 0.2) is 12.1 Å². The Morgan fingerprint density at radius 2 is 2.41 bits per heavy atom. The highest BCUT2D eigenvalue weighted by Crippen LogP contribution is 2.23. The van der Waals surface area contributed by atoms with E-state index in [1.807, 2.05) is 0 Å². The van der Waals surface area contributed by atoms with Gasteiger partial charge in [-0.1, -0.05) is 0 Å². The normalized spacial score (nSPS) is 10.5. The SMILES string of the molecule is COCc1n[nH]c(-c2ncccc2F)c1C=O. The lowest BCUT2D eigenvalue weighted by Crippen LogP contribution is -1.95. The van der Waals surface area contributed by atoms with Crippen LogP contribution < -0.4 is 0 Å². The summed E-state index contributed by atoms with van der Waals surface area (Å²) in [5.74, 6) is -0.511. The molecule has 0 aliphatic carbocycles. The van der Waals surface area contributed by atoms with E-state index in [9.17, 15) is 9.18 Å². The van der Waals surface area contributed by atoms with Crippen LogP contribution in [0.15, 0.2) is 18.3 Å². The molecule has 17 heavy (non-hydrogen) atoms. The van der Waals surface area contributed by atoms with E-state index in [0.717, 1.165) is 0 Å². The maximum Gasteiger partial charge on any atom is 0.154 e. The van der Waals surface area contributed by atoms with Crippen LogP contribution in [0.3, 0.4) is 0 Å². The van der Waals surface area contributed by atoms with Crippen molar-refractivity contribution in [2.75, 3.05) is 7.11 Å². The monoisotopic (exact) mass is 235 g/mol. The van der Waals surface area contributed by atoms with E-state index in [-0.39, 0.29) is 23.6 Å².